The van der Waals surface area contributed by atoms with E-state index in [4.69, 9.17) is 9.47 Å². The van der Waals surface area contributed by atoms with E-state index in [2.05, 4.69) is 13.8 Å². The number of rotatable bonds is 8. The average Bonchev–Trinajstić information content (AvgIpc) is 3.18. The van der Waals surface area contributed by atoms with Gasteiger partial charge in [0.25, 0.3) is 11.7 Å². The Morgan fingerprint density at radius 1 is 0.974 bits per heavy atom. The fourth-order valence-corrected chi connectivity index (χ4v) is 4.43. The smallest absolute Gasteiger partial charge is 0.309 e. The van der Waals surface area contributed by atoms with Gasteiger partial charge in [-0.25, -0.2) is 0 Å². The summed E-state index contributed by atoms with van der Waals surface area (Å²) in [6, 6.07) is 20.3. The lowest BCUT2D eigenvalue weighted by Gasteiger charge is -2.26. The van der Waals surface area contributed by atoms with Crippen LogP contribution >= 0.6 is 0 Å². The molecule has 0 aromatic heterocycles. The van der Waals surface area contributed by atoms with E-state index in [1.807, 2.05) is 31.2 Å². The van der Waals surface area contributed by atoms with Crippen LogP contribution in [0.15, 0.2) is 78.4 Å². The molecule has 1 aliphatic rings. The number of carbonyl (C=O) groups excluding carboxylic acids is 3. The number of hydrogen-bond donors (Lipinski definition) is 1. The van der Waals surface area contributed by atoms with Crippen molar-refractivity contribution in [3.05, 3.63) is 101 Å². The molecule has 38 heavy (non-hydrogen) atoms. The van der Waals surface area contributed by atoms with Crippen molar-refractivity contribution in [1.82, 2.24) is 0 Å². The summed E-state index contributed by atoms with van der Waals surface area (Å²) in [6.45, 7) is 6.56. The van der Waals surface area contributed by atoms with E-state index in [9.17, 15) is 19.5 Å². The third kappa shape index (κ3) is 5.47. The summed E-state index contributed by atoms with van der Waals surface area (Å²) in [5.41, 5.74) is 3.21. The summed E-state index contributed by atoms with van der Waals surface area (Å²) in [7, 11) is 1.32. The fraction of sp³-hybridized carbons (Fsp3) is 0.258. The summed E-state index contributed by atoms with van der Waals surface area (Å²) in [4.78, 5) is 39.9. The van der Waals surface area contributed by atoms with Crippen LogP contribution in [0.3, 0.4) is 0 Å². The number of ketones is 1. The molecular weight excluding hydrogens is 482 g/mol. The standard InChI is InChI=1S/C31H31NO6/c1-19(2)18-38-24-15-11-22(12-16-24)29(34)27-28(25-8-6-5-7-20(25)3)32(31(36)30(27)35)23-13-9-21(10-14-23)17-26(33)37-4/h5-16,19,28,34H,17-18H2,1-4H3/b29-27-. The monoisotopic (exact) mass is 513 g/mol. The molecule has 1 amide bonds. The van der Waals surface area contributed by atoms with Crippen LogP contribution in [-0.2, 0) is 25.5 Å². The normalized spacial score (nSPS) is 16.7. The molecule has 7 nitrogen and oxygen atoms in total. The highest BCUT2D eigenvalue weighted by molar-refractivity contribution is 6.51. The van der Waals surface area contributed by atoms with Crippen molar-refractivity contribution >= 4 is 29.1 Å². The number of amides is 1. The molecule has 7 heteroatoms. The lowest BCUT2D eigenvalue weighted by atomic mass is 9.92. The second-order valence-corrected chi connectivity index (χ2v) is 9.67. The van der Waals surface area contributed by atoms with Gasteiger partial charge in [-0.2, -0.15) is 0 Å². The molecule has 3 aromatic rings. The minimum absolute atomic E-state index is 0.0128. The molecule has 1 N–H and O–H groups in total. The maximum Gasteiger partial charge on any atom is 0.309 e. The van der Waals surface area contributed by atoms with Crippen LogP contribution in [-0.4, -0.2) is 36.5 Å². The molecule has 0 saturated carbocycles. The van der Waals surface area contributed by atoms with Crippen LogP contribution in [0.1, 0.15) is 42.1 Å². The van der Waals surface area contributed by atoms with E-state index in [0.29, 0.717) is 35.1 Å². The summed E-state index contributed by atoms with van der Waals surface area (Å²) in [5, 5.41) is 11.4. The summed E-state index contributed by atoms with van der Waals surface area (Å²) < 4.78 is 10.5. The first kappa shape index (κ1) is 26.7. The van der Waals surface area contributed by atoms with Gasteiger partial charge in [-0.1, -0.05) is 50.2 Å². The van der Waals surface area contributed by atoms with E-state index in [1.54, 1.807) is 48.5 Å². The van der Waals surface area contributed by atoms with Crippen LogP contribution in [0.25, 0.3) is 5.76 Å². The number of nitrogens with zero attached hydrogens (tertiary/aromatic N) is 1. The van der Waals surface area contributed by atoms with Crippen LogP contribution in [0, 0.1) is 12.8 Å². The Hall–Kier alpha value is -4.39. The highest BCUT2D eigenvalue weighted by atomic mass is 16.5. The van der Waals surface area contributed by atoms with Crippen LogP contribution in [0.4, 0.5) is 5.69 Å². The molecule has 4 rings (SSSR count). The average molecular weight is 514 g/mol. The number of aliphatic hydroxyl groups is 1. The van der Waals surface area contributed by atoms with E-state index >= 15 is 0 Å². The zero-order valence-corrected chi connectivity index (χ0v) is 21.9. The lowest BCUT2D eigenvalue weighted by molar-refractivity contribution is -0.139. The van der Waals surface area contributed by atoms with E-state index < -0.39 is 17.7 Å². The van der Waals surface area contributed by atoms with Crippen molar-refractivity contribution < 1.29 is 29.0 Å². The Bertz CT molecular complexity index is 1370. The molecule has 1 atom stereocenters. The maximum absolute atomic E-state index is 13.4. The minimum atomic E-state index is -0.834. The van der Waals surface area contributed by atoms with Gasteiger partial charge in [-0.3, -0.25) is 19.3 Å². The van der Waals surface area contributed by atoms with Gasteiger partial charge in [0.15, 0.2) is 0 Å². The molecule has 3 aromatic carbocycles. The molecule has 1 saturated heterocycles. The van der Waals surface area contributed by atoms with Gasteiger partial charge in [0, 0.05) is 11.3 Å². The number of ether oxygens (including phenoxy) is 2. The van der Waals surface area contributed by atoms with Gasteiger partial charge in [0.2, 0.25) is 0 Å². The van der Waals surface area contributed by atoms with Gasteiger partial charge in [0.1, 0.15) is 11.5 Å². The first-order valence-corrected chi connectivity index (χ1v) is 12.5. The molecule has 0 bridgehead atoms. The van der Waals surface area contributed by atoms with E-state index in [0.717, 1.165) is 11.1 Å². The zero-order valence-electron chi connectivity index (χ0n) is 21.9. The largest absolute Gasteiger partial charge is 0.507 e. The fourth-order valence-electron chi connectivity index (χ4n) is 4.43. The molecule has 1 aliphatic heterocycles. The first-order valence-electron chi connectivity index (χ1n) is 12.5. The summed E-state index contributed by atoms with van der Waals surface area (Å²) in [5.74, 6) is -1.12. The highest BCUT2D eigenvalue weighted by Crippen LogP contribution is 2.43. The topological polar surface area (TPSA) is 93.1 Å². The number of aliphatic hydroxyl groups excluding tert-OH is 1. The Kier molecular flexibility index (Phi) is 7.96. The Morgan fingerprint density at radius 2 is 1.63 bits per heavy atom. The molecular formula is C31H31NO6. The molecule has 0 radical (unpaired) electrons. The summed E-state index contributed by atoms with van der Waals surface area (Å²) >= 11 is 0. The van der Waals surface area contributed by atoms with Crippen LogP contribution < -0.4 is 9.64 Å². The summed E-state index contributed by atoms with van der Waals surface area (Å²) in [6.07, 6.45) is 0.0910. The van der Waals surface area contributed by atoms with Crippen molar-refractivity contribution in [3.63, 3.8) is 0 Å². The highest BCUT2D eigenvalue weighted by Gasteiger charge is 2.47. The number of Topliss-reactive ketones (excluding diaryl/α,β-unsaturated/α-hetero) is 1. The molecule has 1 fully saturated rings. The number of anilines is 1. The first-order chi connectivity index (χ1) is 18.2. The van der Waals surface area contributed by atoms with Gasteiger partial charge >= 0.3 is 5.97 Å². The molecule has 0 aliphatic carbocycles. The minimum Gasteiger partial charge on any atom is -0.507 e. The van der Waals surface area contributed by atoms with Gasteiger partial charge in [-0.05, 0) is 65.9 Å². The van der Waals surface area contributed by atoms with E-state index in [1.165, 1.54) is 12.0 Å². The second kappa shape index (κ2) is 11.3. The van der Waals surface area contributed by atoms with Crippen LogP contribution in [0.2, 0.25) is 0 Å². The Balaban J connectivity index is 1.78. The quantitative estimate of drug-likeness (QED) is 0.188. The molecule has 1 unspecified atom stereocenters. The molecule has 0 spiro atoms. The maximum atomic E-state index is 13.4. The van der Waals surface area contributed by atoms with Gasteiger partial charge < -0.3 is 14.6 Å². The van der Waals surface area contributed by atoms with Crippen molar-refractivity contribution in [1.29, 1.82) is 0 Å². The van der Waals surface area contributed by atoms with Gasteiger partial charge in [-0.15, -0.1) is 0 Å². The van der Waals surface area contributed by atoms with Crippen LogP contribution in [0.5, 0.6) is 5.75 Å². The van der Waals surface area contributed by atoms with Crippen molar-refractivity contribution in [2.24, 2.45) is 5.92 Å². The lowest BCUT2D eigenvalue weighted by Crippen LogP contribution is -2.29. The second-order valence-electron chi connectivity index (χ2n) is 9.67. The third-order valence-corrected chi connectivity index (χ3v) is 6.43. The number of benzene rings is 3. The Morgan fingerprint density at radius 3 is 2.24 bits per heavy atom. The zero-order chi connectivity index (χ0) is 27.4. The number of methoxy groups -OCH3 is 1. The van der Waals surface area contributed by atoms with E-state index in [-0.39, 0.29) is 23.7 Å². The van der Waals surface area contributed by atoms with Crippen molar-refractivity contribution in [2.75, 3.05) is 18.6 Å². The number of hydrogen-bond acceptors (Lipinski definition) is 6. The predicted octanol–water partition coefficient (Wildman–Crippen LogP) is 5.37. The van der Waals surface area contributed by atoms with Crippen molar-refractivity contribution in [3.8, 4) is 5.75 Å². The number of carbonyl (C=O) groups is 3. The predicted molar refractivity (Wildman–Crippen MR) is 145 cm³/mol. The Labute approximate surface area is 222 Å². The molecule has 196 valence electrons. The third-order valence-electron chi connectivity index (χ3n) is 6.43. The SMILES string of the molecule is COC(=O)Cc1ccc(N2C(=O)C(=O)/C(=C(\O)c3ccc(OCC(C)C)cc3)C2c2ccccc2C)cc1. The number of aryl methyl sites for hydroxylation is 1. The number of esters is 1. The van der Waals surface area contributed by atoms with Gasteiger partial charge in [0.05, 0.1) is 31.8 Å². The molecule has 1 heterocycles. The van der Waals surface area contributed by atoms with Crippen molar-refractivity contribution in [2.45, 2.75) is 33.2 Å².